The number of aliphatic hydroxyl groups is 1. The third kappa shape index (κ3) is 3.68. The second-order valence-electron chi connectivity index (χ2n) is 4.87. The molecule has 2 rings (SSSR count). The summed E-state index contributed by atoms with van der Waals surface area (Å²) in [5.41, 5.74) is -0.0119. The van der Waals surface area contributed by atoms with E-state index in [1.807, 2.05) is 6.92 Å². The van der Waals surface area contributed by atoms with Gasteiger partial charge in [-0.15, -0.1) is 0 Å². The lowest BCUT2D eigenvalue weighted by Crippen LogP contribution is -2.47. The Morgan fingerprint density at radius 2 is 2.48 bits per heavy atom. The number of rotatable bonds is 5. The van der Waals surface area contributed by atoms with Gasteiger partial charge in [0.05, 0.1) is 24.9 Å². The second-order valence-corrected chi connectivity index (χ2v) is 4.87. The monoisotopic (exact) mass is 297 g/mol. The molecule has 1 atom stereocenters. The van der Waals surface area contributed by atoms with E-state index in [1.165, 1.54) is 17.2 Å². The normalized spacial score (nSPS) is 18.6. The van der Waals surface area contributed by atoms with E-state index in [1.54, 1.807) is 0 Å². The molecule has 7 heteroatoms. The lowest BCUT2D eigenvalue weighted by atomic mass is 10.2. The van der Waals surface area contributed by atoms with E-state index >= 15 is 0 Å². The Hall–Kier alpha value is -1.73. The highest BCUT2D eigenvalue weighted by Gasteiger charge is 2.27. The van der Waals surface area contributed by atoms with Crippen molar-refractivity contribution in [1.29, 1.82) is 0 Å². The number of aromatic nitrogens is 1. The van der Waals surface area contributed by atoms with Crippen LogP contribution in [-0.4, -0.2) is 59.8 Å². The number of pyridine rings is 1. The SMILES string of the molecule is CCCNc1nccc(C(=O)N2CCOC(CO)C2)c1F. The van der Waals surface area contributed by atoms with Gasteiger partial charge in [0.25, 0.3) is 5.91 Å². The molecule has 0 aliphatic carbocycles. The maximum atomic E-state index is 14.3. The molecule has 21 heavy (non-hydrogen) atoms. The van der Waals surface area contributed by atoms with E-state index < -0.39 is 17.8 Å². The van der Waals surface area contributed by atoms with Crippen molar-refractivity contribution in [1.82, 2.24) is 9.88 Å². The molecule has 1 amide bonds. The molecule has 0 aromatic carbocycles. The summed E-state index contributed by atoms with van der Waals surface area (Å²) in [4.78, 5) is 17.8. The van der Waals surface area contributed by atoms with Crippen molar-refractivity contribution in [2.24, 2.45) is 0 Å². The summed E-state index contributed by atoms with van der Waals surface area (Å²) in [6.45, 7) is 3.37. The molecule has 1 aliphatic heterocycles. The second kappa shape index (κ2) is 7.33. The van der Waals surface area contributed by atoms with Gasteiger partial charge in [-0.25, -0.2) is 9.37 Å². The number of ether oxygens (including phenoxy) is 1. The first-order valence-electron chi connectivity index (χ1n) is 7.07. The first kappa shape index (κ1) is 15.7. The van der Waals surface area contributed by atoms with Gasteiger partial charge in [0, 0.05) is 25.8 Å². The van der Waals surface area contributed by atoms with Crippen molar-refractivity contribution >= 4 is 11.7 Å². The smallest absolute Gasteiger partial charge is 0.257 e. The van der Waals surface area contributed by atoms with Crippen LogP contribution in [0.2, 0.25) is 0 Å². The zero-order valence-corrected chi connectivity index (χ0v) is 12.0. The Morgan fingerprint density at radius 1 is 1.67 bits per heavy atom. The summed E-state index contributed by atoms with van der Waals surface area (Å²) in [6.07, 6.45) is 1.84. The standard InChI is InChI=1S/C14H20FN3O3/c1-2-4-16-13-12(15)11(3-5-17-13)14(20)18-6-7-21-10(8-18)9-19/h3,5,10,19H,2,4,6-9H2,1H3,(H,16,17). The van der Waals surface area contributed by atoms with Gasteiger partial charge in [-0.05, 0) is 12.5 Å². The number of amides is 1. The molecule has 1 aromatic heterocycles. The Kier molecular flexibility index (Phi) is 5.46. The van der Waals surface area contributed by atoms with Crippen LogP contribution in [0.3, 0.4) is 0 Å². The third-order valence-electron chi connectivity index (χ3n) is 3.29. The van der Waals surface area contributed by atoms with Crippen molar-refractivity contribution in [2.75, 3.05) is 38.2 Å². The fourth-order valence-corrected chi connectivity index (χ4v) is 2.16. The Labute approximate surface area is 122 Å². The molecular weight excluding hydrogens is 277 g/mol. The van der Waals surface area contributed by atoms with Crippen LogP contribution in [0.1, 0.15) is 23.7 Å². The molecule has 6 nitrogen and oxygen atoms in total. The highest BCUT2D eigenvalue weighted by Crippen LogP contribution is 2.18. The molecule has 1 fully saturated rings. The molecule has 2 heterocycles. The number of carbonyl (C=O) groups excluding carboxylic acids is 1. The highest BCUT2D eigenvalue weighted by atomic mass is 19.1. The van der Waals surface area contributed by atoms with Crippen molar-refractivity contribution in [3.05, 3.63) is 23.6 Å². The summed E-state index contributed by atoms with van der Waals surface area (Å²) in [6, 6.07) is 1.37. The maximum absolute atomic E-state index is 14.3. The summed E-state index contributed by atoms with van der Waals surface area (Å²) in [5, 5.41) is 12.0. The number of hydrogen-bond acceptors (Lipinski definition) is 5. The fourth-order valence-electron chi connectivity index (χ4n) is 2.16. The Balaban J connectivity index is 2.15. The van der Waals surface area contributed by atoms with Crippen LogP contribution in [0.5, 0.6) is 0 Å². The molecule has 0 bridgehead atoms. The van der Waals surface area contributed by atoms with Crippen LogP contribution in [-0.2, 0) is 4.74 Å². The zero-order valence-electron chi connectivity index (χ0n) is 12.0. The number of nitrogens with one attached hydrogen (secondary N) is 1. The fraction of sp³-hybridized carbons (Fsp3) is 0.571. The number of carbonyl (C=O) groups is 1. The van der Waals surface area contributed by atoms with Gasteiger partial charge in [-0.3, -0.25) is 4.79 Å². The largest absolute Gasteiger partial charge is 0.394 e. The molecule has 1 unspecified atom stereocenters. The van der Waals surface area contributed by atoms with E-state index in [0.717, 1.165) is 6.42 Å². The summed E-state index contributed by atoms with van der Waals surface area (Å²) >= 11 is 0. The highest BCUT2D eigenvalue weighted by molar-refractivity contribution is 5.95. The van der Waals surface area contributed by atoms with Crippen molar-refractivity contribution in [3.63, 3.8) is 0 Å². The first-order valence-corrected chi connectivity index (χ1v) is 7.07. The van der Waals surface area contributed by atoms with Crippen molar-refractivity contribution < 1.29 is 19.0 Å². The number of anilines is 1. The molecule has 1 aliphatic rings. The van der Waals surface area contributed by atoms with Gasteiger partial charge < -0.3 is 20.1 Å². The van der Waals surface area contributed by atoms with Crippen LogP contribution < -0.4 is 5.32 Å². The van der Waals surface area contributed by atoms with Crippen molar-refractivity contribution in [2.45, 2.75) is 19.4 Å². The van der Waals surface area contributed by atoms with Crippen LogP contribution in [0.15, 0.2) is 12.3 Å². The minimum absolute atomic E-state index is 0.0119. The quantitative estimate of drug-likeness (QED) is 0.844. The predicted molar refractivity (Wildman–Crippen MR) is 75.7 cm³/mol. The van der Waals surface area contributed by atoms with E-state index in [9.17, 15) is 9.18 Å². The number of halogens is 1. The van der Waals surface area contributed by atoms with Gasteiger partial charge in [0.2, 0.25) is 0 Å². The van der Waals surface area contributed by atoms with E-state index in [2.05, 4.69) is 10.3 Å². The molecule has 0 saturated carbocycles. The summed E-state index contributed by atoms with van der Waals surface area (Å²) in [5.74, 6) is -0.950. The van der Waals surface area contributed by atoms with E-state index in [4.69, 9.17) is 9.84 Å². The third-order valence-corrected chi connectivity index (χ3v) is 3.29. The number of morpholine rings is 1. The summed E-state index contributed by atoms with van der Waals surface area (Å²) < 4.78 is 19.6. The number of aliphatic hydroxyl groups excluding tert-OH is 1. The van der Waals surface area contributed by atoms with Gasteiger partial charge in [0.15, 0.2) is 11.6 Å². The lowest BCUT2D eigenvalue weighted by molar-refractivity contribution is -0.0448. The molecule has 116 valence electrons. The first-order chi connectivity index (χ1) is 10.2. The predicted octanol–water partition coefficient (Wildman–Crippen LogP) is 0.876. The topological polar surface area (TPSA) is 74.7 Å². The number of hydrogen-bond donors (Lipinski definition) is 2. The molecule has 0 radical (unpaired) electrons. The summed E-state index contributed by atoms with van der Waals surface area (Å²) in [7, 11) is 0. The van der Waals surface area contributed by atoms with Crippen LogP contribution in [0.25, 0.3) is 0 Å². The van der Waals surface area contributed by atoms with Crippen LogP contribution >= 0.6 is 0 Å². The minimum atomic E-state index is -0.636. The van der Waals surface area contributed by atoms with E-state index in [0.29, 0.717) is 19.7 Å². The average Bonchev–Trinajstić information content (AvgIpc) is 2.53. The van der Waals surface area contributed by atoms with Gasteiger partial charge in [-0.1, -0.05) is 6.92 Å². The van der Waals surface area contributed by atoms with Crippen LogP contribution in [0, 0.1) is 5.82 Å². The Morgan fingerprint density at radius 3 is 3.19 bits per heavy atom. The van der Waals surface area contributed by atoms with Crippen LogP contribution in [0.4, 0.5) is 10.2 Å². The lowest BCUT2D eigenvalue weighted by Gasteiger charge is -2.32. The number of nitrogens with zero attached hydrogens (tertiary/aromatic N) is 2. The van der Waals surface area contributed by atoms with Gasteiger partial charge >= 0.3 is 0 Å². The van der Waals surface area contributed by atoms with Gasteiger partial charge in [-0.2, -0.15) is 0 Å². The molecule has 2 N–H and O–H groups in total. The molecule has 0 spiro atoms. The average molecular weight is 297 g/mol. The molecule has 1 saturated heterocycles. The molecular formula is C14H20FN3O3. The zero-order chi connectivity index (χ0) is 15.2. The minimum Gasteiger partial charge on any atom is -0.394 e. The Bertz CT molecular complexity index is 498. The van der Waals surface area contributed by atoms with Gasteiger partial charge in [0.1, 0.15) is 0 Å². The molecule has 1 aromatic rings. The van der Waals surface area contributed by atoms with Crippen molar-refractivity contribution in [3.8, 4) is 0 Å². The maximum Gasteiger partial charge on any atom is 0.257 e. The van der Waals surface area contributed by atoms with E-state index in [-0.39, 0.29) is 24.5 Å².